The molecule has 0 spiro atoms. The maximum absolute atomic E-state index is 13.7. The van der Waals surface area contributed by atoms with Gasteiger partial charge in [0.15, 0.2) is 23.1 Å². The lowest BCUT2D eigenvalue weighted by Gasteiger charge is -2.09. The first-order chi connectivity index (χ1) is 10.6. The highest BCUT2D eigenvalue weighted by Crippen LogP contribution is 2.29. The van der Waals surface area contributed by atoms with E-state index in [2.05, 4.69) is 4.99 Å². The summed E-state index contributed by atoms with van der Waals surface area (Å²) in [6, 6.07) is 9.61. The Hall–Kier alpha value is -2.56. The van der Waals surface area contributed by atoms with E-state index < -0.39 is 5.82 Å². The minimum atomic E-state index is -0.425. The first-order valence-electron chi connectivity index (χ1n) is 6.79. The lowest BCUT2D eigenvalue weighted by molar-refractivity contribution is 0.373. The fourth-order valence-electron chi connectivity index (χ4n) is 2.03. The Kier molecular flexibility index (Phi) is 4.99. The molecular formula is C17H18FNO3. The van der Waals surface area contributed by atoms with Crippen LogP contribution in [-0.2, 0) is 0 Å². The zero-order chi connectivity index (χ0) is 16.1. The Morgan fingerprint density at radius 2 is 1.86 bits per heavy atom. The second kappa shape index (κ2) is 6.93. The van der Waals surface area contributed by atoms with Gasteiger partial charge in [0.2, 0.25) is 0 Å². The summed E-state index contributed by atoms with van der Waals surface area (Å²) in [6.45, 7) is 1.84. The fraction of sp³-hybridized carbons (Fsp3) is 0.235. The van der Waals surface area contributed by atoms with E-state index >= 15 is 0 Å². The van der Waals surface area contributed by atoms with E-state index in [4.69, 9.17) is 9.47 Å². The number of aromatic hydroxyl groups is 1. The molecule has 0 unspecified atom stereocenters. The number of halogens is 1. The second-order valence-corrected chi connectivity index (χ2v) is 4.75. The Morgan fingerprint density at radius 3 is 2.50 bits per heavy atom. The Labute approximate surface area is 128 Å². The molecule has 1 atom stereocenters. The highest BCUT2D eigenvalue weighted by Gasteiger charge is 2.09. The largest absolute Gasteiger partial charge is 0.504 e. The molecule has 4 nitrogen and oxygen atoms in total. The number of phenolic OH excluding ortho intramolecular Hbond substituents is 1. The monoisotopic (exact) mass is 303 g/mol. The van der Waals surface area contributed by atoms with Gasteiger partial charge in [0.1, 0.15) is 0 Å². The van der Waals surface area contributed by atoms with E-state index in [0.29, 0.717) is 11.3 Å². The van der Waals surface area contributed by atoms with Gasteiger partial charge in [-0.1, -0.05) is 12.1 Å². The van der Waals surface area contributed by atoms with Gasteiger partial charge in [-0.2, -0.15) is 0 Å². The summed E-state index contributed by atoms with van der Waals surface area (Å²) in [6.07, 6.45) is 1.55. The molecule has 5 heteroatoms. The van der Waals surface area contributed by atoms with Crippen molar-refractivity contribution in [2.75, 3.05) is 14.2 Å². The van der Waals surface area contributed by atoms with Crippen molar-refractivity contribution in [1.82, 2.24) is 0 Å². The van der Waals surface area contributed by atoms with Gasteiger partial charge in [-0.25, -0.2) is 4.39 Å². The highest BCUT2D eigenvalue weighted by atomic mass is 19.1. The molecule has 22 heavy (non-hydrogen) atoms. The molecule has 0 aromatic heterocycles. The zero-order valence-corrected chi connectivity index (χ0v) is 12.7. The number of rotatable bonds is 5. The molecule has 0 aliphatic heterocycles. The molecule has 1 N–H and O–H groups in total. The van der Waals surface area contributed by atoms with Crippen molar-refractivity contribution in [1.29, 1.82) is 0 Å². The van der Waals surface area contributed by atoms with Crippen molar-refractivity contribution in [3.63, 3.8) is 0 Å². The average Bonchev–Trinajstić information content (AvgIpc) is 2.53. The Bertz CT molecular complexity index is 686. The number of ether oxygens (including phenoxy) is 2. The molecule has 0 amide bonds. The zero-order valence-electron chi connectivity index (χ0n) is 12.7. The number of methoxy groups -OCH3 is 2. The van der Waals surface area contributed by atoms with Crippen LogP contribution in [0.1, 0.15) is 24.1 Å². The molecule has 0 bridgehead atoms. The second-order valence-electron chi connectivity index (χ2n) is 4.75. The van der Waals surface area contributed by atoms with Crippen molar-refractivity contribution >= 4 is 6.21 Å². The maximum Gasteiger partial charge on any atom is 0.166 e. The van der Waals surface area contributed by atoms with Crippen LogP contribution in [-0.4, -0.2) is 25.5 Å². The minimum Gasteiger partial charge on any atom is -0.504 e. The van der Waals surface area contributed by atoms with Gasteiger partial charge in [-0.15, -0.1) is 0 Å². The van der Waals surface area contributed by atoms with Crippen LogP contribution < -0.4 is 9.47 Å². The molecule has 116 valence electrons. The quantitative estimate of drug-likeness (QED) is 0.856. The summed E-state index contributed by atoms with van der Waals surface area (Å²) in [4.78, 5) is 4.35. The number of aliphatic imine (C=N–C) groups is 1. The topological polar surface area (TPSA) is 51.0 Å². The lowest BCUT2D eigenvalue weighted by atomic mass is 10.1. The summed E-state index contributed by atoms with van der Waals surface area (Å²) in [5.74, 6) is 0.186. The molecule has 2 aromatic rings. The first-order valence-corrected chi connectivity index (χ1v) is 6.79. The third kappa shape index (κ3) is 3.36. The number of para-hydroxylation sites is 1. The van der Waals surface area contributed by atoms with E-state index in [1.165, 1.54) is 20.3 Å². The summed E-state index contributed by atoms with van der Waals surface area (Å²) in [5, 5.41) is 9.99. The van der Waals surface area contributed by atoms with Gasteiger partial charge in [0.25, 0.3) is 0 Å². The maximum atomic E-state index is 13.7. The van der Waals surface area contributed by atoms with E-state index in [1.54, 1.807) is 36.5 Å². The van der Waals surface area contributed by atoms with Crippen LogP contribution in [0.2, 0.25) is 0 Å². The van der Waals surface area contributed by atoms with Gasteiger partial charge in [-0.3, -0.25) is 4.99 Å². The summed E-state index contributed by atoms with van der Waals surface area (Å²) in [5.41, 5.74) is 1.26. The van der Waals surface area contributed by atoms with Crippen molar-refractivity contribution in [2.45, 2.75) is 13.0 Å². The van der Waals surface area contributed by atoms with Crippen LogP contribution in [0, 0.1) is 5.82 Å². The number of nitrogens with zero attached hydrogens (tertiary/aromatic N) is 1. The standard InChI is InChI=1S/C17H18FNO3/c1-11(12-7-8-15(21-2)14(18)9-12)19-10-13-5-4-6-16(22-3)17(13)20/h4-11,20H,1-3H3/t11-/m0/s1. The number of hydrogen-bond acceptors (Lipinski definition) is 4. The molecule has 0 fully saturated rings. The minimum absolute atomic E-state index is 0.0295. The summed E-state index contributed by atoms with van der Waals surface area (Å²) < 4.78 is 23.6. The van der Waals surface area contributed by atoms with E-state index in [0.717, 1.165) is 5.56 Å². The van der Waals surface area contributed by atoms with E-state index in [-0.39, 0.29) is 17.5 Å². The summed E-state index contributed by atoms with van der Waals surface area (Å²) in [7, 11) is 2.91. The lowest BCUT2D eigenvalue weighted by Crippen LogP contribution is -1.95. The average molecular weight is 303 g/mol. The Morgan fingerprint density at radius 1 is 1.14 bits per heavy atom. The molecule has 2 aromatic carbocycles. The molecule has 0 saturated heterocycles. The number of benzene rings is 2. The number of hydrogen-bond donors (Lipinski definition) is 1. The van der Waals surface area contributed by atoms with Gasteiger partial charge < -0.3 is 14.6 Å². The van der Waals surface area contributed by atoms with Crippen LogP contribution >= 0.6 is 0 Å². The predicted molar refractivity (Wildman–Crippen MR) is 83.6 cm³/mol. The van der Waals surface area contributed by atoms with E-state index in [9.17, 15) is 9.50 Å². The van der Waals surface area contributed by atoms with Crippen LogP contribution in [0.25, 0.3) is 0 Å². The van der Waals surface area contributed by atoms with Gasteiger partial charge in [-0.05, 0) is 36.8 Å². The molecule has 0 aliphatic rings. The third-order valence-electron chi connectivity index (χ3n) is 3.35. The Balaban J connectivity index is 2.21. The molecule has 0 heterocycles. The van der Waals surface area contributed by atoms with Gasteiger partial charge in [0, 0.05) is 11.8 Å². The van der Waals surface area contributed by atoms with Crippen molar-refractivity contribution < 1.29 is 19.0 Å². The first kappa shape index (κ1) is 15.8. The van der Waals surface area contributed by atoms with Crippen molar-refractivity contribution in [3.8, 4) is 17.2 Å². The van der Waals surface area contributed by atoms with Crippen LogP contribution in [0.3, 0.4) is 0 Å². The molecular weight excluding hydrogens is 285 g/mol. The smallest absolute Gasteiger partial charge is 0.166 e. The third-order valence-corrected chi connectivity index (χ3v) is 3.35. The van der Waals surface area contributed by atoms with E-state index in [1.807, 2.05) is 6.92 Å². The number of phenols is 1. The highest BCUT2D eigenvalue weighted by molar-refractivity contribution is 5.84. The molecule has 0 radical (unpaired) electrons. The van der Waals surface area contributed by atoms with Crippen molar-refractivity contribution in [3.05, 3.63) is 53.3 Å². The van der Waals surface area contributed by atoms with Gasteiger partial charge in [0.05, 0.1) is 20.3 Å². The van der Waals surface area contributed by atoms with Crippen LogP contribution in [0.4, 0.5) is 4.39 Å². The fourth-order valence-corrected chi connectivity index (χ4v) is 2.03. The predicted octanol–water partition coefficient (Wildman–Crippen LogP) is 3.73. The molecule has 0 saturated carbocycles. The molecule has 2 rings (SSSR count). The van der Waals surface area contributed by atoms with Crippen LogP contribution in [0.5, 0.6) is 17.2 Å². The van der Waals surface area contributed by atoms with Crippen LogP contribution in [0.15, 0.2) is 41.4 Å². The van der Waals surface area contributed by atoms with Crippen molar-refractivity contribution in [2.24, 2.45) is 4.99 Å². The van der Waals surface area contributed by atoms with Gasteiger partial charge >= 0.3 is 0 Å². The summed E-state index contributed by atoms with van der Waals surface area (Å²) >= 11 is 0. The molecule has 0 aliphatic carbocycles. The SMILES string of the molecule is COc1ccc([C@H](C)N=Cc2cccc(OC)c2O)cc1F. The normalized spacial score (nSPS) is 12.4.